The van der Waals surface area contributed by atoms with Crippen LogP contribution in [0.1, 0.15) is 17.2 Å². The lowest BCUT2D eigenvalue weighted by atomic mass is 10.1. The summed E-state index contributed by atoms with van der Waals surface area (Å²) in [6.07, 6.45) is 3.25. The van der Waals surface area contributed by atoms with E-state index in [-0.39, 0.29) is 17.5 Å². The van der Waals surface area contributed by atoms with Gasteiger partial charge in [0.15, 0.2) is 0 Å². The van der Waals surface area contributed by atoms with Crippen molar-refractivity contribution in [3.63, 3.8) is 0 Å². The molecule has 1 aromatic heterocycles. The number of halogens is 1. The number of nitrogens with zero attached hydrogens (tertiary/aromatic N) is 2. The van der Waals surface area contributed by atoms with E-state index in [0.717, 1.165) is 5.56 Å². The molecule has 0 aliphatic heterocycles. The molecule has 0 saturated carbocycles. The van der Waals surface area contributed by atoms with Gasteiger partial charge in [-0.1, -0.05) is 18.2 Å². The van der Waals surface area contributed by atoms with E-state index < -0.39 is 0 Å². The molecule has 1 N–H and O–H groups in total. The Morgan fingerprint density at radius 2 is 2.16 bits per heavy atom. The van der Waals surface area contributed by atoms with Crippen molar-refractivity contribution in [3.8, 4) is 0 Å². The molecule has 1 unspecified atom stereocenters. The van der Waals surface area contributed by atoms with Crippen LogP contribution in [0.25, 0.3) is 0 Å². The van der Waals surface area contributed by atoms with Gasteiger partial charge in [-0.05, 0) is 25.6 Å². The monoisotopic (exact) mass is 261 g/mol. The molecule has 5 heteroatoms. The van der Waals surface area contributed by atoms with Crippen LogP contribution in [0.15, 0.2) is 41.5 Å². The number of aromatic nitrogens is 2. The molecule has 1 atom stereocenters. The van der Waals surface area contributed by atoms with E-state index >= 15 is 0 Å². The van der Waals surface area contributed by atoms with Gasteiger partial charge in [0.2, 0.25) is 0 Å². The van der Waals surface area contributed by atoms with E-state index in [4.69, 9.17) is 0 Å². The third-order valence-electron chi connectivity index (χ3n) is 2.99. The highest BCUT2D eigenvalue weighted by Gasteiger charge is 2.14. The smallest absolute Gasteiger partial charge is 0.311 e. The molecule has 0 saturated heterocycles. The van der Waals surface area contributed by atoms with Crippen molar-refractivity contribution in [1.29, 1.82) is 0 Å². The lowest BCUT2D eigenvalue weighted by molar-refractivity contribution is 0.462. The van der Waals surface area contributed by atoms with Gasteiger partial charge in [0.1, 0.15) is 5.82 Å². The first-order valence-corrected chi connectivity index (χ1v) is 6.06. The molecule has 0 amide bonds. The SMILES string of the molecule is CNC(Cn1cc(C)cnc1=O)c1ccccc1F. The highest BCUT2D eigenvalue weighted by Crippen LogP contribution is 2.17. The number of nitrogens with one attached hydrogen (secondary N) is 1. The van der Waals surface area contributed by atoms with Gasteiger partial charge in [-0.2, -0.15) is 0 Å². The van der Waals surface area contributed by atoms with Gasteiger partial charge in [-0.3, -0.25) is 4.57 Å². The summed E-state index contributed by atoms with van der Waals surface area (Å²) in [5.74, 6) is -0.282. The fraction of sp³-hybridized carbons (Fsp3) is 0.286. The maximum absolute atomic E-state index is 13.8. The molecule has 1 heterocycles. The molecule has 0 radical (unpaired) electrons. The normalized spacial score (nSPS) is 12.4. The summed E-state index contributed by atoms with van der Waals surface area (Å²) in [5.41, 5.74) is 1.10. The second-order valence-electron chi connectivity index (χ2n) is 4.43. The van der Waals surface area contributed by atoms with Gasteiger partial charge >= 0.3 is 5.69 Å². The van der Waals surface area contributed by atoms with Gasteiger partial charge in [0, 0.05) is 24.5 Å². The Morgan fingerprint density at radius 3 is 2.84 bits per heavy atom. The number of aryl methyl sites for hydroxylation is 1. The van der Waals surface area contributed by atoms with Crippen LogP contribution in [0.3, 0.4) is 0 Å². The zero-order valence-corrected chi connectivity index (χ0v) is 10.9. The van der Waals surface area contributed by atoms with Crippen LogP contribution in [0.2, 0.25) is 0 Å². The van der Waals surface area contributed by atoms with Crippen molar-refractivity contribution in [2.45, 2.75) is 19.5 Å². The molecule has 1 aromatic carbocycles. The molecule has 2 aromatic rings. The topological polar surface area (TPSA) is 46.9 Å². The van der Waals surface area contributed by atoms with Gasteiger partial charge in [0.05, 0.1) is 6.04 Å². The van der Waals surface area contributed by atoms with Crippen LogP contribution in [-0.4, -0.2) is 16.6 Å². The Labute approximate surface area is 110 Å². The van der Waals surface area contributed by atoms with Gasteiger partial charge in [0.25, 0.3) is 0 Å². The molecule has 2 rings (SSSR count). The maximum Gasteiger partial charge on any atom is 0.347 e. The Hall–Kier alpha value is -2.01. The quantitative estimate of drug-likeness (QED) is 0.910. The molecule has 19 heavy (non-hydrogen) atoms. The molecule has 4 nitrogen and oxygen atoms in total. The molecular weight excluding hydrogens is 245 g/mol. The minimum Gasteiger partial charge on any atom is -0.311 e. The first-order chi connectivity index (χ1) is 9.11. The van der Waals surface area contributed by atoms with Crippen molar-refractivity contribution in [2.75, 3.05) is 7.05 Å². The van der Waals surface area contributed by atoms with E-state index in [1.807, 2.05) is 6.92 Å². The van der Waals surface area contributed by atoms with Crippen LogP contribution in [-0.2, 0) is 6.54 Å². The average Bonchev–Trinajstić information content (AvgIpc) is 2.41. The average molecular weight is 261 g/mol. The third kappa shape index (κ3) is 3.06. The fourth-order valence-electron chi connectivity index (χ4n) is 2.00. The second-order valence-corrected chi connectivity index (χ2v) is 4.43. The first kappa shape index (κ1) is 13.4. The lowest BCUT2D eigenvalue weighted by Crippen LogP contribution is -2.30. The van der Waals surface area contributed by atoms with E-state index in [1.165, 1.54) is 16.8 Å². The van der Waals surface area contributed by atoms with Gasteiger partial charge < -0.3 is 5.32 Å². The number of hydrogen-bond acceptors (Lipinski definition) is 3. The Kier molecular flexibility index (Phi) is 4.06. The molecule has 0 aliphatic carbocycles. The predicted octanol–water partition coefficient (Wildman–Crippen LogP) is 1.65. The molecule has 0 fully saturated rings. The standard InChI is InChI=1S/C14H16FN3O/c1-10-7-17-14(19)18(8-10)9-13(16-2)11-5-3-4-6-12(11)15/h3-8,13,16H,9H2,1-2H3. The van der Waals surface area contributed by atoms with Crippen LogP contribution in [0, 0.1) is 12.7 Å². The largest absolute Gasteiger partial charge is 0.347 e. The number of benzene rings is 1. The first-order valence-electron chi connectivity index (χ1n) is 6.06. The number of likely N-dealkylation sites (N-methyl/N-ethyl adjacent to an activating group) is 1. The fourth-order valence-corrected chi connectivity index (χ4v) is 2.00. The van der Waals surface area contributed by atoms with Gasteiger partial charge in [-0.15, -0.1) is 0 Å². The maximum atomic E-state index is 13.8. The van der Waals surface area contributed by atoms with Gasteiger partial charge in [-0.25, -0.2) is 14.2 Å². The van der Waals surface area contributed by atoms with Crippen molar-refractivity contribution >= 4 is 0 Å². The summed E-state index contributed by atoms with van der Waals surface area (Å²) in [5, 5.41) is 3.03. The number of rotatable bonds is 4. The summed E-state index contributed by atoms with van der Waals surface area (Å²) in [6, 6.07) is 6.27. The summed E-state index contributed by atoms with van der Waals surface area (Å²) in [6.45, 7) is 2.20. The van der Waals surface area contributed by atoms with E-state index in [2.05, 4.69) is 10.3 Å². The van der Waals surface area contributed by atoms with Crippen LogP contribution in [0.4, 0.5) is 4.39 Å². The lowest BCUT2D eigenvalue weighted by Gasteiger charge is -2.18. The molecule has 0 aliphatic rings. The van der Waals surface area contributed by atoms with Crippen LogP contribution < -0.4 is 11.0 Å². The highest BCUT2D eigenvalue weighted by atomic mass is 19.1. The zero-order valence-electron chi connectivity index (χ0n) is 10.9. The minimum atomic E-state index is -0.331. The van der Waals surface area contributed by atoms with Crippen LogP contribution in [0.5, 0.6) is 0 Å². The van der Waals surface area contributed by atoms with Crippen molar-refractivity contribution < 1.29 is 4.39 Å². The highest BCUT2D eigenvalue weighted by molar-refractivity contribution is 5.21. The molecular formula is C14H16FN3O. The Bertz CT molecular complexity index is 624. The summed E-state index contributed by atoms with van der Waals surface area (Å²) in [7, 11) is 1.74. The second kappa shape index (κ2) is 5.75. The molecule has 100 valence electrons. The number of hydrogen-bond donors (Lipinski definition) is 1. The molecule has 0 spiro atoms. The summed E-state index contributed by atoms with van der Waals surface area (Å²) in [4.78, 5) is 15.4. The van der Waals surface area contributed by atoms with E-state index in [0.29, 0.717) is 12.1 Å². The Balaban J connectivity index is 2.32. The van der Waals surface area contributed by atoms with Crippen molar-refractivity contribution in [1.82, 2.24) is 14.9 Å². The van der Waals surface area contributed by atoms with E-state index in [1.54, 1.807) is 31.4 Å². The third-order valence-corrected chi connectivity index (χ3v) is 2.99. The summed E-state index contributed by atoms with van der Waals surface area (Å²) >= 11 is 0. The zero-order chi connectivity index (χ0) is 13.8. The van der Waals surface area contributed by atoms with Crippen LogP contribution >= 0.6 is 0 Å². The van der Waals surface area contributed by atoms with Crippen molar-refractivity contribution in [2.24, 2.45) is 0 Å². The van der Waals surface area contributed by atoms with Crippen molar-refractivity contribution in [3.05, 3.63) is 64.1 Å². The summed E-state index contributed by atoms with van der Waals surface area (Å²) < 4.78 is 15.3. The van der Waals surface area contributed by atoms with E-state index in [9.17, 15) is 9.18 Å². The Morgan fingerprint density at radius 1 is 1.42 bits per heavy atom. The minimum absolute atomic E-state index is 0.275. The molecule has 0 bridgehead atoms. The predicted molar refractivity (Wildman–Crippen MR) is 71.4 cm³/mol.